The van der Waals surface area contributed by atoms with Crippen LogP contribution in [-0.2, 0) is 49.3 Å². The van der Waals surface area contributed by atoms with Gasteiger partial charge in [-0.05, 0) is 13.0 Å². The summed E-state index contributed by atoms with van der Waals surface area (Å²) in [6.07, 6.45) is 3.63. The summed E-state index contributed by atoms with van der Waals surface area (Å²) in [5.41, 5.74) is 0.779. The van der Waals surface area contributed by atoms with Crippen molar-refractivity contribution in [3.05, 3.63) is 68.0 Å². The Morgan fingerprint density at radius 1 is 1.15 bits per heavy atom. The molecule has 0 bridgehead atoms. The molecule has 3 rings (SSSR count). The maximum atomic E-state index is 5.65. The Bertz CT molecular complexity index is 729. The Balaban J connectivity index is 0.000000737. The van der Waals surface area contributed by atoms with Crippen LogP contribution in [0.15, 0.2) is 54.9 Å². The molecule has 0 amide bonds. The van der Waals surface area contributed by atoms with Crippen molar-refractivity contribution in [3.8, 4) is 23.1 Å². The van der Waals surface area contributed by atoms with Crippen molar-refractivity contribution in [3.63, 3.8) is 0 Å². The van der Waals surface area contributed by atoms with Gasteiger partial charge in [0, 0.05) is 37.9 Å². The van der Waals surface area contributed by atoms with E-state index in [4.69, 9.17) is 4.74 Å². The molecule has 1 aromatic carbocycles. The van der Waals surface area contributed by atoms with Gasteiger partial charge < -0.3 is 14.0 Å². The van der Waals surface area contributed by atoms with E-state index in [2.05, 4.69) is 46.7 Å². The summed E-state index contributed by atoms with van der Waals surface area (Å²) >= 11 is 3.22. The fourth-order valence-electron chi connectivity index (χ4n) is 1.76. The van der Waals surface area contributed by atoms with Crippen LogP contribution in [-0.4, -0.2) is 21.1 Å². The Hall–Kier alpha value is -0.703. The number of aryl methyl sites for hydroxylation is 1. The molecular weight excluding hydrogens is 751 g/mol. The molecule has 0 spiro atoms. The van der Waals surface area contributed by atoms with Gasteiger partial charge in [-0.15, -0.1) is 12.1 Å². The SMILES string of the molecule is Cn1ccnc1-c1cccc(Oc2[c-]cccc2)n1.[CH2-]OCC.[Cl][Pt+].[Cl][Pt+]. The molecule has 0 saturated carbocycles. The van der Waals surface area contributed by atoms with Gasteiger partial charge in [0.1, 0.15) is 5.69 Å². The Morgan fingerprint density at radius 3 is 2.37 bits per heavy atom. The molecule has 0 atom stereocenters. The van der Waals surface area contributed by atoms with Crippen LogP contribution in [0.5, 0.6) is 11.6 Å². The molecule has 3 aromatic rings. The van der Waals surface area contributed by atoms with Crippen LogP contribution in [0.2, 0.25) is 0 Å². The number of pyridine rings is 1. The minimum atomic E-state index is 0.531. The molecule has 5 nitrogen and oxygen atoms in total. The number of ether oxygens (including phenoxy) is 2. The summed E-state index contributed by atoms with van der Waals surface area (Å²) in [4.78, 5) is 8.72. The van der Waals surface area contributed by atoms with Crippen LogP contribution >= 0.6 is 18.8 Å². The quantitative estimate of drug-likeness (QED) is 0.340. The van der Waals surface area contributed by atoms with Crippen molar-refractivity contribution in [2.24, 2.45) is 7.05 Å². The fraction of sp³-hybridized carbons (Fsp3) is 0.167. The van der Waals surface area contributed by atoms with Gasteiger partial charge in [0.15, 0.2) is 5.82 Å². The first-order valence-corrected chi connectivity index (χ1v) is 13.1. The zero-order valence-electron chi connectivity index (χ0n) is 14.7. The normalized spacial score (nSPS) is 8.93. The van der Waals surface area contributed by atoms with Gasteiger partial charge in [-0.25, -0.2) is 17.1 Å². The van der Waals surface area contributed by atoms with E-state index in [-0.39, 0.29) is 0 Å². The van der Waals surface area contributed by atoms with E-state index in [1.807, 2.05) is 61.1 Å². The standard InChI is InChI=1S/C15H12N3O.C3H7O.2ClH.2Pt/c1-18-11-10-16-15(18)13-8-5-9-14(17-13)19-12-6-3-2-4-7-12;1-3-4-2;;;;/h2-6,8-11H,1H3;2-3H2,1H3;2*1H;;/q2*-1;;;2*+2/p-2. The molecule has 152 valence electrons. The number of imidazole rings is 1. The van der Waals surface area contributed by atoms with E-state index in [0.29, 0.717) is 18.2 Å². The van der Waals surface area contributed by atoms with Crippen LogP contribution < -0.4 is 4.74 Å². The van der Waals surface area contributed by atoms with Crippen molar-refractivity contribution in [2.45, 2.75) is 6.92 Å². The number of para-hydroxylation sites is 1. The van der Waals surface area contributed by atoms with Crippen molar-refractivity contribution in [1.82, 2.24) is 14.5 Å². The van der Waals surface area contributed by atoms with Gasteiger partial charge in [0.25, 0.3) is 0 Å². The molecule has 0 aliphatic rings. The van der Waals surface area contributed by atoms with Crippen molar-refractivity contribution in [2.75, 3.05) is 6.61 Å². The topological polar surface area (TPSA) is 49.2 Å². The van der Waals surface area contributed by atoms with Gasteiger partial charge >= 0.3 is 56.4 Å². The summed E-state index contributed by atoms with van der Waals surface area (Å²) in [6, 6.07) is 16.1. The molecule has 0 aliphatic heterocycles. The molecule has 0 unspecified atom stereocenters. The molecule has 0 N–H and O–H groups in total. The van der Waals surface area contributed by atoms with Crippen LogP contribution in [0.1, 0.15) is 6.92 Å². The molecule has 0 aliphatic carbocycles. The van der Waals surface area contributed by atoms with E-state index in [0.717, 1.165) is 11.5 Å². The number of hydrogen-bond donors (Lipinski definition) is 0. The molecule has 0 saturated heterocycles. The summed E-state index contributed by atoms with van der Waals surface area (Å²) in [5, 5.41) is 0. The van der Waals surface area contributed by atoms with Crippen molar-refractivity contribution < 1.29 is 47.0 Å². The zero-order chi connectivity index (χ0) is 20.5. The Labute approximate surface area is 191 Å². The monoisotopic (exact) mass is 769 g/mol. The number of aromatic nitrogens is 3. The second-order valence-electron chi connectivity index (χ2n) is 4.54. The third-order valence-corrected chi connectivity index (χ3v) is 2.87. The van der Waals surface area contributed by atoms with Crippen molar-refractivity contribution in [1.29, 1.82) is 0 Å². The van der Waals surface area contributed by atoms with E-state index in [1.165, 1.54) is 0 Å². The first-order valence-electron chi connectivity index (χ1n) is 7.44. The first-order chi connectivity index (χ1) is 13.2. The van der Waals surface area contributed by atoms with Gasteiger partial charge in [0.05, 0.1) is 0 Å². The van der Waals surface area contributed by atoms with E-state index >= 15 is 0 Å². The molecule has 9 heteroatoms. The zero-order valence-corrected chi connectivity index (χ0v) is 20.7. The number of benzene rings is 1. The van der Waals surface area contributed by atoms with Crippen LogP contribution in [0.3, 0.4) is 0 Å². The van der Waals surface area contributed by atoms with Gasteiger partial charge in [-0.2, -0.15) is 18.2 Å². The molecule has 0 fully saturated rings. The fourth-order valence-corrected chi connectivity index (χ4v) is 1.76. The van der Waals surface area contributed by atoms with E-state index < -0.39 is 0 Å². The Morgan fingerprint density at radius 2 is 1.85 bits per heavy atom. The second-order valence-corrected chi connectivity index (χ2v) is 4.54. The van der Waals surface area contributed by atoms with E-state index in [1.54, 1.807) is 49.8 Å². The summed E-state index contributed by atoms with van der Waals surface area (Å²) in [5.74, 6) is 1.98. The van der Waals surface area contributed by atoms with Crippen LogP contribution in [0.25, 0.3) is 11.5 Å². The number of nitrogens with zero attached hydrogens (tertiary/aromatic N) is 3. The first kappa shape index (κ1) is 26.3. The van der Waals surface area contributed by atoms with Gasteiger partial charge in [0.2, 0.25) is 5.88 Å². The predicted octanol–water partition coefficient (Wildman–Crippen LogP) is 5.26. The van der Waals surface area contributed by atoms with E-state index in [9.17, 15) is 0 Å². The number of halogens is 2. The van der Waals surface area contributed by atoms with Crippen molar-refractivity contribution >= 4 is 18.8 Å². The minimum absolute atomic E-state index is 0.531. The number of rotatable bonds is 4. The van der Waals surface area contributed by atoms with Gasteiger partial charge in [-0.1, -0.05) is 6.07 Å². The average molecular weight is 770 g/mol. The average Bonchev–Trinajstić information content (AvgIpc) is 3.18. The Kier molecular flexibility index (Phi) is 16.9. The molecule has 2 aromatic heterocycles. The van der Waals surface area contributed by atoms with Gasteiger partial charge in [-0.3, -0.25) is 0 Å². The third kappa shape index (κ3) is 10.4. The molecule has 0 radical (unpaired) electrons. The summed E-state index contributed by atoms with van der Waals surface area (Å²) < 4.78 is 11.9. The number of hydrogen-bond acceptors (Lipinski definition) is 4. The van der Waals surface area contributed by atoms with Crippen LogP contribution in [0, 0.1) is 13.2 Å². The third-order valence-electron chi connectivity index (χ3n) is 2.87. The maximum absolute atomic E-state index is 5.65. The molecule has 27 heavy (non-hydrogen) atoms. The second kappa shape index (κ2) is 17.4. The van der Waals surface area contributed by atoms with Crippen LogP contribution in [0.4, 0.5) is 0 Å². The molecular formula is C18H19Cl2N3O2Pt2. The molecule has 2 heterocycles. The summed E-state index contributed by atoms with van der Waals surface area (Å²) in [7, 11) is 14.3. The summed E-state index contributed by atoms with van der Waals surface area (Å²) in [6.45, 7) is 2.60. The predicted molar refractivity (Wildman–Crippen MR) is 100 cm³/mol.